The highest BCUT2D eigenvalue weighted by Crippen LogP contribution is 2.15. The average molecular weight is 303 g/mol. The summed E-state index contributed by atoms with van der Waals surface area (Å²) >= 11 is 1.61. The van der Waals surface area contributed by atoms with E-state index in [9.17, 15) is 4.79 Å². The number of nitrogens with one attached hydrogen (secondary N) is 2. The van der Waals surface area contributed by atoms with Crippen LogP contribution in [0.25, 0.3) is 0 Å². The minimum atomic E-state index is 0.0319. The molecule has 4 nitrogen and oxygen atoms in total. The van der Waals surface area contributed by atoms with Crippen molar-refractivity contribution in [2.24, 2.45) is 0 Å². The molecule has 112 valence electrons. The van der Waals surface area contributed by atoms with Gasteiger partial charge in [-0.15, -0.1) is 11.3 Å². The van der Waals surface area contributed by atoms with E-state index in [0.29, 0.717) is 13.0 Å². The van der Waals surface area contributed by atoms with Crippen LogP contribution >= 0.6 is 11.3 Å². The van der Waals surface area contributed by atoms with Gasteiger partial charge >= 0.3 is 0 Å². The van der Waals surface area contributed by atoms with Crippen LogP contribution in [0, 0.1) is 0 Å². The van der Waals surface area contributed by atoms with Gasteiger partial charge in [-0.25, -0.2) is 4.98 Å². The van der Waals surface area contributed by atoms with Crippen molar-refractivity contribution < 1.29 is 4.79 Å². The van der Waals surface area contributed by atoms with Gasteiger partial charge in [-0.3, -0.25) is 4.79 Å². The summed E-state index contributed by atoms with van der Waals surface area (Å²) in [7, 11) is 0. The van der Waals surface area contributed by atoms with Gasteiger partial charge in [-0.05, 0) is 12.1 Å². The number of hydrogen-bond acceptors (Lipinski definition) is 4. The summed E-state index contributed by atoms with van der Waals surface area (Å²) < 4.78 is 0. The minimum Gasteiger partial charge on any atom is -0.354 e. The summed E-state index contributed by atoms with van der Waals surface area (Å²) in [6.45, 7) is 4.43. The number of amides is 1. The molecule has 1 amide bonds. The van der Waals surface area contributed by atoms with Crippen molar-refractivity contribution in [2.75, 3.05) is 19.6 Å². The molecule has 0 bridgehead atoms. The lowest BCUT2D eigenvalue weighted by Crippen LogP contribution is -2.32. The number of carbonyl (C=O) groups excluding carboxylic acids is 1. The SMILES string of the molecule is CCNCCNC(=O)Cc1csc(Cc2ccccc2)n1. The normalized spacial score (nSPS) is 10.5. The lowest BCUT2D eigenvalue weighted by Gasteiger charge is -2.04. The van der Waals surface area contributed by atoms with Gasteiger partial charge < -0.3 is 10.6 Å². The first kappa shape index (κ1) is 15.7. The molecule has 1 aromatic heterocycles. The molecule has 0 atom stereocenters. The smallest absolute Gasteiger partial charge is 0.226 e. The Balaban J connectivity index is 1.79. The Morgan fingerprint density at radius 2 is 2.05 bits per heavy atom. The van der Waals surface area contributed by atoms with Gasteiger partial charge in [-0.2, -0.15) is 0 Å². The topological polar surface area (TPSA) is 54.0 Å². The fourth-order valence-electron chi connectivity index (χ4n) is 1.98. The second-order valence-corrected chi connectivity index (χ2v) is 5.72. The molecule has 0 aliphatic heterocycles. The zero-order chi connectivity index (χ0) is 14.9. The van der Waals surface area contributed by atoms with Gasteiger partial charge in [0.1, 0.15) is 0 Å². The standard InChI is InChI=1S/C16H21N3OS/c1-2-17-8-9-18-15(20)11-14-12-21-16(19-14)10-13-6-4-3-5-7-13/h3-7,12,17H,2,8-11H2,1H3,(H,18,20). The van der Waals surface area contributed by atoms with E-state index in [-0.39, 0.29) is 5.91 Å². The van der Waals surface area contributed by atoms with Gasteiger partial charge in [0, 0.05) is 24.9 Å². The number of likely N-dealkylation sites (N-methyl/N-ethyl adjacent to an activating group) is 1. The molecule has 0 aliphatic rings. The largest absolute Gasteiger partial charge is 0.354 e. The molecule has 0 unspecified atom stereocenters. The molecule has 21 heavy (non-hydrogen) atoms. The van der Waals surface area contributed by atoms with Crippen LogP contribution < -0.4 is 10.6 Å². The maximum absolute atomic E-state index is 11.8. The van der Waals surface area contributed by atoms with Crippen LogP contribution in [0.3, 0.4) is 0 Å². The number of carbonyl (C=O) groups is 1. The number of nitrogens with zero attached hydrogens (tertiary/aromatic N) is 1. The fourth-order valence-corrected chi connectivity index (χ4v) is 2.80. The van der Waals surface area contributed by atoms with Crippen LogP contribution in [-0.2, 0) is 17.6 Å². The summed E-state index contributed by atoms with van der Waals surface area (Å²) in [5, 5.41) is 9.09. The van der Waals surface area contributed by atoms with Crippen molar-refractivity contribution in [1.29, 1.82) is 0 Å². The predicted molar refractivity (Wildman–Crippen MR) is 86.6 cm³/mol. The molecule has 0 saturated heterocycles. The van der Waals surface area contributed by atoms with E-state index in [4.69, 9.17) is 0 Å². The van der Waals surface area contributed by atoms with Gasteiger partial charge in [0.25, 0.3) is 0 Å². The highest BCUT2D eigenvalue weighted by atomic mass is 32.1. The minimum absolute atomic E-state index is 0.0319. The molecule has 2 rings (SSSR count). The van der Waals surface area contributed by atoms with E-state index in [1.807, 2.05) is 30.5 Å². The van der Waals surface area contributed by atoms with Gasteiger partial charge in [0.15, 0.2) is 0 Å². The van der Waals surface area contributed by atoms with E-state index in [2.05, 4.69) is 27.8 Å². The van der Waals surface area contributed by atoms with Crippen LogP contribution in [0.15, 0.2) is 35.7 Å². The Morgan fingerprint density at radius 1 is 1.24 bits per heavy atom. The van der Waals surface area contributed by atoms with E-state index in [1.54, 1.807) is 11.3 Å². The molecule has 2 aromatic rings. The monoisotopic (exact) mass is 303 g/mol. The number of rotatable bonds is 8. The van der Waals surface area contributed by atoms with E-state index >= 15 is 0 Å². The first-order valence-electron chi connectivity index (χ1n) is 7.22. The molecule has 0 spiro atoms. The third kappa shape index (κ3) is 5.65. The zero-order valence-corrected chi connectivity index (χ0v) is 13.1. The predicted octanol–water partition coefficient (Wildman–Crippen LogP) is 2.00. The third-order valence-corrected chi connectivity index (χ3v) is 3.91. The molecule has 2 N–H and O–H groups in total. The highest BCUT2D eigenvalue weighted by Gasteiger charge is 2.07. The molecule has 1 heterocycles. The lowest BCUT2D eigenvalue weighted by molar-refractivity contribution is -0.120. The first-order chi connectivity index (χ1) is 10.3. The molecule has 0 saturated carbocycles. The van der Waals surface area contributed by atoms with E-state index < -0.39 is 0 Å². The molecular weight excluding hydrogens is 282 g/mol. The Labute approximate surface area is 129 Å². The fraction of sp³-hybridized carbons (Fsp3) is 0.375. The van der Waals surface area contributed by atoms with E-state index in [0.717, 1.165) is 30.2 Å². The second kappa shape index (κ2) is 8.54. The van der Waals surface area contributed by atoms with Crippen molar-refractivity contribution in [3.8, 4) is 0 Å². The molecule has 5 heteroatoms. The number of hydrogen-bond donors (Lipinski definition) is 2. The molecular formula is C16H21N3OS. The van der Waals surface area contributed by atoms with Crippen molar-refractivity contribution >= 4 is 17.2 Å². The van der Waals surface area contributed by atoms with Gasteiger partial charge in [-0.1, -0.05) is 37.3 Å². The molecule has 0 fully saturated rings. The maximum atomic E-state index is 11.8. The summed E-state index contributed by atoms with van der Waals surface area (Å²) in [5.74, 6) is 0.0319. The van der Waals surface area contributed by atoms with Crippen LogP contribution in [0.1, 0.15) is 23.2 Å². The number of benzene rings is 1. The molecule has 1 aromatic carbocycles. The van der Waals surface area contributed by atoms with Crippen LogP contribution in [0.2, 0.25) is 0 Å². The number of aromatic nitrogens is 1. The maximum Gasteiger partial charge on any atom is 0.226 e. The Hall–Kier alpha value is -1.72. The van der Waals surface area contributed by atoms with Crippen molar-refractivity contribution in [1.82, 2.24) is 15.6 Å². The van der Waals surface area contributed by atoms with E-state index in [1.165, 1.54) is 5.56 Å². The van der Waals surface area contributed by atoms with Gasteiger partial charge in [0.2, 0.25) is 5.91 Å². The Morgan fingerprint density at radius 3 is 2.81 bits per heavy atom. The highest BCUT2D eigenvalue weighted by molar-refractivity contribution is 7.09. The van der Waals surface area contributed by atoms with Crippen LogP contribution in [-0.4, -0.2) is 30.5 Å². The first-order valence-corrected chi connectivity index (χ1v) is 8.10. The lowest BCUT2D eigenvalue weighted by atomic mass is 10.2. The summed E-state index contributed by atoms with van der Waals surface area (Å²) in [5.41, 5.74) is 2.10. The van der Waals surface area contributed by atoms with Crippen molar-refractivity contribution in [3.05, 3.63) is 52.0 Å². The summed E-state index contributed by atoms with van der Waals surface area (Å²) in [6.07, 6.45) is 1.19. The quantitative estimate of drug-likeness (QED) is 0.734. The van der Waals surface area contributed by atoms with Crippen molar-refractivity contribution in [2.45, 2.75) is 19.8 Å². The van der Waals surface area contributed by atoms with Crippen LogP contribution in [0.5, 0.6) is 0 Å². The van der Waals surface area contributed by atoms with Gasteiger partial charge in [0.05, 0.1) is 17.1 Å². The molecule has 0 radical (unpaired) electrons. The van der Waals surface area contributed by atoms with Crippen molar-refractivity contribution in [3.63, 3.8) is 0 Å². The zero-order valence-electron chi connectivity index (χ0n) is 12.3. The Kier molecular flexibility index (Phi) is 6.37. The summed E-state index contributed by atoms with van der Waals surface area (Å²) in [4.78, 5) is 16.3. The number of thiazole rings is 1. The Bertz CT molecular complexity index is 554. The van der Waals surface area contributed by atoms with Crippen LogP contribution in [0.4, 0.5) is 0 Å². The summed E-state index contributed by atoms with van der Waals surface area (Å²) in [6, 6.07) is 10.3. The molecule has 0 aliphatic carbocycles. The second-order valence-electron chi connectivity index (χ2n) is 4.78. The third-order valence-electron chi connectivity index (χ3n) is 3.01. The average Bonchev–Trinajstić information content (AvgIpc) is 2.92.